The fourth-order valence-electron chi connectivity index (χ4n) is 3.15. The Labute approximate surface area is 135 Å². The number of aliphatic hydroxyl groups is 1. The lowest BCUT2D eigenvalue weighted by Gasteiger charge is -2.34. The number of carbonyl (C=O) groups excluding carboxylic acids is 1. The molecule has 0 aromatic heterocycles. The summed E-state index contributed by atoms with van der Waals surface area (Å²) in [5.41, 5.74) is 1.03. The molecule has 1 heterocycles. The van der Waals surface area contributed by atoms with Crippen molar-refractivity contribution < 1.29 is 14.3 Å². The number of likely N-dealkylation sites (tertiary alicyclic amines) is 1. The largest absolute Gasteiger partial charge is 0.388 e. The first-order valence-electron chi connectivity index (χ1n) is 7.93. The quantitative estimate of drug-likeness (QED) is 0.943. The van der Waals surface area contributed by atoms with Gasteiger partial charge in [0.25, 0.3) is 5.91 Å². The van der Waals surface area contributed by atoms with Gasteiger partial charge in [-0.3, -0.25) is 4.79 Å². The maximum atomic E-state index is 13.7. The third kappa shape index (κ3) is 3.42. The Bertz CT molecular complexity index is 666. The summed E-state index contributed by atoms with van der Waals surface area (Å²) in [7, 11) is 0. The number of hydrogen-bond donors (Lipinski definition) is 1. The number of hydrogen-bond acceptors (Lipinski definition) is 2. The third-order valence-electron chi connectivity index (χ3n) is 4.52. The molecule has 3 nitrogen and oxygen atoms in total. The van der Waals surface area contributed by atoms with E-state index in [4.69, 9.17) is 0 Å². The van der Waals surface area contributed by atoms with Crippen LogP contribution in [-0.2, 0) is 0 Å². The van der Waals surface area contributed by atoms with Crippen molar-refractivity contribution >= 4 is 5.91 Å². The van der Waals surface area contributed by atoms with Crippen molar-refractivity contribution in [3.8, 4) is 0 Å². The zero-order valence-electron chi connectivity index (χ0n) is 12.9. The smallest absolute Gasteiger partial charge is 0.256 e. The van der Waals surface area contributed by atoms with Crippen molar-refractivity contribution in [3.05, 3.63) is 71.5 Å². The molecule has 2 aromatic rings. The van der Waals surface area contributed by atoms with Crippen LogP contribution in [0.25, 0.3) is 0 Å². The maximum absolute atomic E-state index is 13.7. The SMILES string of the molecule is O=C(c1ccccc1F)N1CCC(C(O)c2ccccc2)CC1. The van der Waals surface area contributed by atoms with Crippen molar-refractivity contribution in [2.45, 2.75) is 18.9 Å². The molecule has 1 unspecified atom stereocenters. The highest BCUT2D eigenvalue weighted by molar-refractivity contribution is 5.94. The average molecular weight is 313 g/mol. The molecule has 4 heteroatoms. The lowest BCUT2D eigenvalue weighted by atomic mass is 9.87. The van der Waals surface area contributed by atoms with Crippen LogP contribution in [0.4, 0.5) is 4.39 Å². The fraction of sp³-hybridized carbons (Fsp3) is 0.316. The maximum Gasteiger partial charge on any atom is 0.256 e. The molecule has 0 bridgehead atoms. The van der Waals surface area contributed by atoms with Gasteiger partial charge in [0.1, 0.15) is 5.82 Å². The summed E-state index contributed by atoms with van der Waals surface area (Å²) >= 11 is 0. The Kier molecular flexibility index (Phi) is 4.72. The van der Waals surface area contributed by atoms with Crippen LogP contribution in [0.5, 0.6) is 0 Å². The normalized spacial score (nSPS) is 17.0. The Morgan fingerprint density at radius 2 is 1.65 bits per heavy atom. The second-order valence-electron chi connectivity index (χ2n) is 5.96. The Hall–Kier alpha value is -2.20. The lowest BCUT2D eigenvalue weighted by molar-refractivity contribution is 0.0459. The van der Waals surface area contributed by atoms with Gasteiger partial charge in [-0.05, 0) is 36.5 Å². The molecule has 0 aliphatic carbocycles. The zero-order valence-corrected chi connectivity index (χ0v) is 12.9. The van der Waals surface area contributed by atoms with Crippen molar-refractivity contribution in [1.29, 1.82) is 0 Å². The van der Waals surface area contributed by atoms with E-state index in [1.54, 1.807) is 17.0 Å². The third-order valence-corrected chi connectivity index (χ3v) is 4.52. The molecule has 120 valence electrons. The number of aliphatic hydroxyl groups excluding tert-OH is 1. The highest BCUT2D eigenvalue weighted by Gasteiger charge is 2.29. The number of rotatable bonds is 3. The first-order valence-corrected chi connectivity index (χ1v) is 7.93. The second-order valence-corrected chi connectivity index (χ2v) is 5.96. The minimum Gasteiger partial charge on any atom is -0.388 e. The molecule has 2 aromatic carbocycles. The number of nitrogens with zero attached hydrogens (tertiary/aromatic N) is 1. The zero-order chi connectivity index (χ0) is 16.2. The minimum atomic E-state index is -0.512. The number of piperidine rings is 1. The summed E-state index contributed by atoms with van der Waals surface area (Å²) in [6, 6.07) is 15.7. The van der Waals surface area contributed by atoms with Crippen LogP contribution in [0, 0.1) is 11.7 Å². The Morgan fingerprint density at radius 1 is 1.04 bits per heavy atom. The predicted molar refractivity (Wildman–Crippen MR) is 86.4 cm³/mol. The van der Waals surface area contributed by atoms with E-state index in [0.29, 0.717) is 13.1 Å². The summed E-state index contributed by atoms with van der Waals surface area (Å²) in [6.45, 7) is 1.09. The predicted octanol–water partition coefficient (Wildman–Crippen LogP) is 3.41. The summed E-state index contributed by atoms with van der Waals surface area (Å²) < 4.78 is 13.7. The molecule has 0 spiro atoms. The molecule has 1 aliphatic heterocycles. The topological polar surface area (TPSA) is 40.5 Å². The van der Waals surface area contributed by atoms with Gasteiger partial charge in [0.2, 0.25) is 0 Å². The molecule has 0 radical (unpaired) electrons. The second kappa shape index (κ2) is 6.92. The van der Waals surface area contributed by atoms with Gasteiger partial charge in [-0.15, -0.1) is 0 Å². The molecule has 0 saturated carbocycles. The standard InChI is InChI=1S/C19H20FNO2/c20-17-9-5-4-8-16(17)19(23)21-12-10-15(11-13-21)18(22)14-6-2-1-3-7-14/h1-9,15,18,22H,10-13H2. The molecule has 3 rings (SSSR count). The molecule has 1 fully saturated rings. The van der Waals surface area contributed by atoms with Gasteiger partial charge in [-0.1, -0.05) is 42.5 Å². The van der Waals surface area contributed by atoms with Crippen molar-refractivity contribution in [2.24, 2.45) is 5.92 Å². The van der Waals surface area contributed by atoms with Crippen LogP contribution in [0.1, 0.15) is 34.9 Å². The number of halogens is 1. The van der Waals surface area contributed by atoms with Crippen molar-refractivity contribution in [2.75, 3.05) is 13.1 Å². The van der Waals surface area contributed by atoms with E-state index in [-0.39, 0.29) is 17.4 Å². The molecular weight excluding hydrogens is 293 g/mol. The van der Waals surface area contributed by atoms with Crippen LogP contribution in [-0.4, -0.2) is 29.0 Å². The Morgan fingerprint density at radius 3 is 2.30 bits per heavy atom. The fourth-order valence-corrected chi connectivity index (χ4v) is 3.15. The van der Waals surface area contributed by atoms with Gasteiger partial charge in [-0.2, -0.15) is 0 Å². The molecule has 23 heavy (non-hydrogen) atoms. The average Bonchev–Trinajstić information content (AvgIpc) is 2.62. The molecule has 1 N–H and O–H groups in total. The van der Waals surface area contributed by atoms with E-state index in [2.05, 4.69) is 0 Å². The minimum absolute atomic E-state index is 0.120. The van der Waals surface area contributed by atoms with Crippen LogP contribution >= 0.6 is 0 Å². The van der Waals surface area contributed by atoms with E-state index in [0.717, 1.165) is 18.4 Å². The van der Waals surface area contributed by atoms with Gasteiger partial charge in [0.15, 0.2) is 0 Å². The summed E-state index contributed by atoms with van der Waals surface area (Å²) in [5.74, 6) is -0.623. The summed E-state index contributed by atoms with van der Waals surface area (Å²) in [5, 5.41) is 10.5. The molecular formula is C19H20FNO2. The lowest BCUT2D eigenvalue weighted by Crippen LogP contribution is -2.40. The van der Waals surface area contributed by atoms with Gasteiger partial charge in [0, 0.05) is 13.1 Å². The van der Waals surface area contributed by atoms with Gasteiger partial charge >= 0.3 is 0 Å². The highest BCUT2D eigenvalue weighted by atomic mass is 19.1. The van der Waals surface area contributed by atoms with Crippen LogP contribution in [0.15, 0.2) is 54.6 Å². The number of amides is 1. The Balaban J connectivity index is 1.62. The van der Waals surface area contributed by atoms with E-state index in [1.807, 2.05) is 30.3 Å². The molecule has 1 atom stereocenters. The highest BCUT2D eigenvalue weighted by Crippen LogP contribution is 2.31. The first kappa shape index (κ1) is 15.7. The van der Waals surface area contributed by atoms with Gasteiger partial charge < -0.3 is 10.0 Å². The van der Waals surface area contributed by atoms with Crippen LogP contribution in [0.3, 0.4) is 0 Å². The van der Waals surface area contributed by atoms with Crippen LogP contribution in [0.2, 0.25) is 0 Å². The number of benzene rings is 2. The van der Waals surface area contributed by atoms with Crippen molar-refractivity contribution in [3.63, 3.8) is 0 Å². The summed E-state index contributed by atoms with van der Waals surface area (Å²) in [4.78, 5) is 14.1. The van der Waals surface area contributed by atoms with E-state index in [1.165, 1.54) is 12.1 Å². The summed E-state index contributed by atoms with van der Waals surface area (Å²) in [6.07, 6.45) is 0.925. The molecule has 1 amide bonds. The first-order chi connectivity index (χ1) is 11.2. The molecule has 1 aliphatic rings. The monoisotopic (exact) mass is 313 g/mol. The van der Waals surface area contributed by atoms with E-state index in [9.17, 15) is 14.3 Å². The van der Waals surface area contributed by atoms with Gasteiger partial charge in [-0.25, -0.2) is 4.39 Å². The number of carbonyl (C=O) groups is 1. The van der Waals surface area contributed by atoms with Crippen molar-refractivity contribution in [1.82, 2.24) is 4.90 Å². The van der Waals surface area contributed by atoms with Crippen LogP contribution < -0.4 is 0 Å². The van der Waals surface area contributed by atoms with E-state index < -0.39 is 11.9 Å². The molecule has 1 saturated heterocycles. The van der Waals surface area contributed by atoms with Gasteiger partial charge in [0.05, 0.1) is 11.7 Å². The van der Waals surface area contributed by atoms with E-state index >= 15 is 0 Å².